The Morgan fingerprint density at radius 3 is 2.88 bits per heavy atom. The van der Waals surface area contributed by atoms with Gasteiger partial charge in [0.15, 0.2) is 0 Å². The lowest BCUT2D eigenvalue weighted by molar-refractivity contribution is 0.557. The van der Waals surface area contributed by atoms with Crippen molar-refractivity contribution in [3.05, 3.63) is 32.9 Å². The van der Waals surface area contributed by atoms with E-state index < -0.39 is 0 Å². The zero-order valence-corrected chi connectivity index (χ0v) is 12.3. The summed E-state index contributed by atoms with van der Waals surface area (Å²) in [5.74, 6) is 0. The third-order valence-corrected chi connectivity index (χ3v) is 4.00. The number of thiazole rings is 1. The number of hydrogen-bond acceptors (Lipinski definition) is 4. The molecule has 0 aliphatic heterocycles. The molecule has 0 radical (unpaired) electrons. The molecule has 1 atom stereocenters. The average Bonchev–Trinajstić information content (AvgIpc) is 2.93. The van der Waals surface area contributed by atoms with E-state index in [1.54, 1.807) is 11.3 Å². The van der Waals surface area contributed by atoms with Crippen LogP contribution in [0, 0.1) is 0 Å². The minimum absolute atomic E-state index is 0.157. The molecule has 0 amide bonds. The standard InChI is InChI=1S/C11H15BrN4S/c1-3-4-14-10(9-6-13-7-17-9)11-8(12)5-15-16(11)2/h5-7,10,14H,3-4H2,1-2H3. The molecule has 1 unspecified atom stereocenters. The van der Waals surface area contributed by atoms with Gasteiger partial charge in [-0.15, -0.1) is 11.3 Å². The number of rotatable bonds is 5. The Morgan fingerprint density at radius 1 is 1.53 bits per heavy atom. The van der Waals surface area contributed by atoms with Gasteiger partial charge in [-0.2, -0.15) is 5.10 Å². The molecular weight excluding hydrogens is 300 g/mol. The van der Waals surface area contributed by atoms with E-state index >= 15 is 0 Å². The zero-order valence-electron chi connectivity index (χ0n) is 9.85. The molecule has 0 saturated heterocycles. The third-order valence-electron chi connectivity index (χ3n) is 2.55. The van der Waals surface area contributed by atoms with E-state index in [0.29, 0.717) is 0 Å². The van der Waals surface area contributed by atoms with Crippen LogP contribution in [0.25, 0.3) is 0 Å². The molecular formula is C11H15BrN4S. The Balaban J connectivity index is 2.33. The maximum Gasteiger partial charge on any atom is 0.0869 e. The highest BCUT2D eigenvalue weighted by Gasteiger charge is 2.21. The molecule has 6 heteroatoms. The molecule has 2 heterocycles. The highest BCUT2D eigenvalue weighted by Crippen LogP contribution is 2.29. The lowest BCUT2D eigenvalue weighted by Gasteiger charge is -2.17. The van der Waals surface area contributed by atoms with Crippen molar-refractivity contribution in [1.82, 2.24) is 20.1 Å². The van der Waals surface area contributed by atoms with Gasteiger partial charge in [0.05, 0.1) is 27.9 Å². The summed E-state index contributed by atoms with van der Waals surface area (Å²) in [6.45, 7) is 3.13. The fourth-order valence-corrected chi connectivity index (χ4v) is 3.01. The fraction of sp³-hybridized carbons (Fsp3) is 0.455. The molecule has 2 aromatic heterocycles. The molecule has 0 spiro atoms. The molecule has 0 saturated carbocycles. The minimum Gasteiger partial charge on any atom is -0.304 e. The summed E-state index contributed by atoms with van der Waals surface area (Å²) in [6.07, 6.45) is 4.85. The molecule has 0 aliphatic rings. The number of aryl methyl sites for hydroxylation is 1. The number of hydrogen-bond donors (Lipinski definition) is 1. The van der Waals surface area contributed by atoms with E-state index in [1.807, 2.05) is 29.6 Å². The van der Waals surface area contributed by atoms with Crippen LogP contribution in [-0.4, -0.2) is 21.3 Å². The SMILES string of the molecule is CCCNC(c1cncs1)c1c(Br)cnn1C. The second kappa shape index (κ2) is 5.75. The van der Waals surface area contributed by atoms with Crippen molar-refractivity contribution in [1.29, 1.82) is 0 Å². The predicted octanol–water partition coefficient (Wildman–Crippen LogP) is 2.73. The quantitative estimate of drug-likeness (QED) is 0.922. The molecule has 0 fully saturated rings. The lowest BCUT2D eigenvalue weighted by Crippen LogP contribution is -2.24. The average molecular weight is 315 g/mol. The molecule has 2 rings (SSSR count). The largest absolute Gasteiger partial charge is 0.304 e. The monoisotopic (exact) mass is 314 g/mol. The van der Waals surface area contributed by atoms with Gasteiger partial charge in [0.1, 0.15) is 0 Å². The first kappa shape index (κ1) is 12.7. The van der Waals surface area contributed by atoms with Gasteiger partial charge in [-0.05, 0) is 28.9 Å². The van der Waals surface area contributed by atoms with E-state index in [4.69, 9.17) is 0 Å². The van der Waals surface area contributed by atoms with Crippen molar-refractivity contribution in [2.24, 2.45) is 7.05 Å². The van der Waals surface area contributed by atoms with Crippen molar-refractivity contribution in [3.8, 4) is 0 Å². The molecule has 17 heavy (non-hydrogen) atoms. The second-order valence-corrected chi connectivity index (χ2v) is 5.56. The second-order valence-electron chi connectivity index (χ2n) is 3.79. The maximum absolute atomic E-state index is 4.27. The summed E-state index contributed by atoms with van der Waals surface area (Å²) in [5, 5.41) is 7.80. The number of halogens is 1. The highest BCUT2D eigenvalue weighted by molar-refractivity contribution is 9.10. The van der Waals surface area contributed by atoms with Gasteiger partial charge in [0.25, 0.3) is 0 Å². The van der Waals surface area contributed by atoms with E-state index in [-0.39, 0.29) is 6.04 Å². The first-order chi connectivity index (χ1) is 8.24. The van der Waals surface area contributed by atoms with Crippen LogP contribution in [0.5, 0.6) is 0 Å². The van der Waals surface area contributed by atoms with Gasteiger partial charge < -0.3 is 5.32 Å². The van der Waals surface area contributed by atoms with Gasteiger partial charge in [-0.25, -0.2) is 0 Å². The molecule has 92 valence electrons. The Kier molecular flexibility index (Phi) is 4.31. The van der Waals surface area contributed by atoms with Gasteiger partial charge in [-0.3, -0.25) is 9.67 Å². The van der Waals surface area contributed by atoms with E-state index in [0.717, 1.165) is 23.1 Å². The van der Waals surface area contributed by atoms with Crippen molar-refractivity contribution >= 4 is 27.3 Å². The van der Waals surface area contributed by atoms with Gasteiger partial charge >= 0.3 is 0 Å². The Morgan fingerprint density at radius 2 is 2.35 bits per heavy atom. The van der Waals surface area contributed by atoms with Crippen molar-refractivity contribution in [2.75, 3.05) is 6.54 Å². The summed E-state index contributed by atoms with van der Waals surface area (Å²) in [6, 6.07) is 0.157. The van der Waals surface area contributed by atoms with Crippen molar-refractivity contribution < 1.29 is 0 Å². The fourth-order valence-electron chi connectivity index (χ4n) is 1.73. The molecule has 1 N–H and O–H groups in total. The summed E-state index contributed by atoms with van der Waals surface area (Å²) >= 11 is 5.22. The van der Waals surface area contributed by atoms with Gasteiger partial charge in [-0.1, -0.05) is 6.92 Å². The summed E-state index contributed by atoms with van der Waals surface area (Å²) in [7, 11) is 1.96. The lowest BCUT2D eigenvalue weighted by atomic mass is 10.2. The predicted molar refractivity (Wildman–Crippen MR) is 73.2 cm³/mol. The van der Waals surface area contributed by atoms with Crippen LogP contribution in [0.15, 0.2) is 22.4 Å². The summed E-state index contributed by atoms with van der Waals surface area (Å²) in [4.78, 5) is 5.36. The van der Waals surface area contributed by atoms with Gasteiger partial charge in [0.2, 0.25) is 0 Å². The van der Waals surface area contributed by atoms with E-state index in [1.165, 1.54) is 4.88 Å². The number of aromatic nitrogens is 3. The number of nitrogens with zero attached hydrogens (tertiary/aromatic N) is 3. The molecule has 4 nitrogen and oxygen atoms in total. The van der Waals surface area contributed by atoms with Crippen LogP contribution in [0.1, 0.15) is 30.0 Å². The number of nitrogens with one attached hydrogen (secondary N) is 1. The van der Waals surface area contributed by atoms with E-state index in [9.17, 15) is 0 Å². The van der Waals surface area contributed by atoms with Crippen LogP contribution in [0.4, 0.5) is 0 Å². The Labute approximate surface area is 113 Å². The summed E-state index contributed by atoms with van der Waals surface area (Å²) in [5.41, 5.74) is 3.00. The Hall–Kier alpha value is -0.720. The minimum atomic E-state index is 0.157. The van der Waals surface area contributed by atoms with E-state index in [2.05, 4.69) is 38.3 Å². The van der Waals surface area contributed by atoms with Crippen LogP contribution < -0.4 is 5.32 Å². The van der Waals surface area contributed by atoms with Crippen LogP contribution in [0.2, 0.25) is 0 Å². The molecule has 0 aliphatic carbocycles. The molecule has 2 aromatic rings. The first-order valence-corrected chi connectivity index (χ1v) is 7.20. The zero-order chi connectivity index (χ0) is 12.3. The summed E-state index contributed by atoms with van der Waals surface area (Å²) < 4.78 is 2.93. The van der Waals surface area contributed by atoms with Gasteiger partial charge in [0, 0.05) is 18.1 Å². The highest BCUT2D eigenvalue weighted by atomic mass is 79.9. The van der Waals surface area contributed by atoms with Crippen molar-refractivity contribution in [2.45, 2.75) is 19.4 Å². The first-order valence-electron chi connectivity index (χ1n) is 5.53. The molecule has 0 aromatic carbocycles. The molecule has 0 bridgehead atoms. The van der Waals surface area contributed by atoms with Crippen LogP contribution in [0.3, 0.4) is 0 Å². The Bertz CT molecular complexity index is 446. The normalized spacial score (nSPS) is 12.9. The van der Waals surface area contributed by atoms with Crippen LogP contribution in [-0.2, 0) is 7.05 Å². The van der Waals surface area contributed by atoms with Crippen molar-refractivity contribution in [3.63, 3.8) is 0 Å². The topological polar surface area (TPSA) is 42.7 Å². The third kappa shape index (κ3) is 2.75. The van der Waals surface area contributed by atoms with Crippen LogP contribution >= 0.6 is 27.3 Å². The smallest absolute Gasteiger partial charge is 0.0869 e. The maximum atomic E-state index is 4.27.